The summed E-state index contributed by atoms with van der Waals surface area (Å²) in [6.07, 6.45) is 3.86. The van der Waals surface area contributed by atoms with Gasteiger partial charge in [-0.2, -0.15) is 9.97 Å². The Hall–Kier alpha value is -3.29. The molecule has 118 valence electrons. The van der Waals surface area contributed by atoms with Crippen LogP contribution in [0.15, 0.2) is 34.3 Å². The number of nitrogens with zero attached hydrogens (tertiary/aromatic N) is 4. The number of nitrogens with two attached hydrogens (primary N) is 1. The molecule has 0 aliphatic carbocycles. The Kier molecular flexibility index (Phi) is 5.35. The number of rotatable bonds is 6. The monoisotopic (exact) mass is 312 g/mol. The Morgan fingerprint density at radius 3 is 2.65 bits per heavy atom. The van der Waals surface area contributed by atoms with E-state index in [1.54, 1.807) is 37.4 Å². The number of aromatic hydroxyl groups is 1. The van der Waals surface area contributed by atoms with E-state index < -0.39 is 0 Å². The summed E-state index contributed by atoms with van der Waals surface area (Å²) in [5.41, 5.74) is 7.06. The van der Waals surface area contributed by atoms with Gasteiger partial charge in [0.1, 0.15) is 6.29 Å². The van der Waals surface area contributed by atoms with Crippen LogP contribution in [0.4, 0.5) is 23.1 Å². The van der Waals surface area contributed by atoms with Crippen LogP contribution in [0.1, 0.15) is 17.3 Å². The van der Waals surface area contributed by atoms with Gasteiger partial charge in [-0.3, -0.25) is 4.79 Å². The molecular weight excluding hydrogens is 296 g/mol. The number of anilines is 2. The van der Waals surface area contributed by atoms with Crippen molar-refractivity contribution in [1.29, 1.82) is 0 Å². The molecule has 0 fully saturated rings. The van der Waals surface area contributed by atoms with Crippen LogP contribution in [0.3, 0.4) is 0 Å². The summed E-state index contributed by atoms with van der Waals surface area (Å²) < 4.78 is 0. The number of carbonyl (C=O) groups excluding carboxylic acids is 1. The first-order valence-corrected chi connectivity index (χ1v) is 6.81. The second kappa shape index (κ2) is 7.64. The molecule has 0 aliphatic heterocycles. The number of nitrogens with one attached hydrogen (secondary N) is 1. The van der Waals surface area contributed by atoms with E-state index in [0.29, 0.717) is 12.1 Å². The molecule has 0 saturated carbocycles. The first-order valence-electron chi connectivity index (χ1n) is 6.81. The van der Waals surface area contributed by atoms with Crippen molar-refractivity contribution < 1.29 is 9.90 Å². The van der Waals surface area contributed by atoms with Crippen molar-refractivity contribution in [3.05, 3.63) is 29.8 Å². The number of aldehydes is 1. The molecule has 0 atom stereocenters. The van der Waals surface area contributed by atoms with Crippen molar-refractivity contribution in [3.63, 3.8) is 0 Å². The van der Waals surface area contributed by atoms with E-state index in [0.717, 1.165) is 12.0 Å². The summed E-state index contributed by atoms with van der Waals surface area (Å²) in [7, 11) is 0. The van der Waals surface area contributed by atoms with Gasteiger partial charge in [0.2, 0.25) is 11.8 Å². The topological polar surface area (TPSA) is 126 Å². The van der Waals surface area contributed by atoms with E-state index in [1.165, 1.54) is 6.21 Å². The van der Waals surface area contributed by atoms with E-state index in [9.17, 15) is 9.90 Å². The quantitative estimate of drug-likeness (QED) is 0.554. The van der Waals surface area contributed by atoms with Crippen molar-refractivity contribution >= 4 is 41.9 Å². The highest BCUT2D eigenvalue weighted by molar-refractivity contribution is 5.78. The number of hydrogen-bond acceptors (Lipinski definition) is 8. The third kappa shape index (κ3) is 4.34. The predicted molar refractivity (Wildman–Crippen MR) is 90.4 cm³/mol. The van der Waals surface area contributed by atoms with Crippen LogP contribution in [-0.2, 0) is 0 Å². The van der Waals surface area contributed by atoms with Crippen molar-refractivity contribution in [3.8, 4) is 5.88 Å². The van der Waals surface area contributed by atoms with Gasteiger partial charge in [-0.25, -0.2) is 9.98 Å². The second-order valence-electron chi connectivity index (χ2n) is 4.40. The Balaban J connectivity index is 2.06. The Morgan fingerprint density at radius 1 is 1.26 bits per heavy atom. The lowest BCUT2D eigenvalue weighted by molar-refractivity contribution is 0.112. The summed E-state index contributed by atoms with van der Waals surface area (Å²) in [6.45, 7) is 2.12. The largest absolute Gasteiger partial charge is 0.492 e. The summed E-state index contributed by atoms with van der Waals surface area (Å²) in [4.78, 5) is 26.3. The highest BCUT2D eigenvalue weighted by Crippen LogP contribution is 2.33. The molecule has 2 rings (SSSR count). The zero-order valence-electron chi connectivity index (χ0n) is 12.5. The van der Waals surface area contributed by atoms with Crippen LogP contribution in [0.5, 0.6) is 5.88 Å². The summed E-state index contributed by atoms with van der Waals surface area (Å²) in [5.74, 6) is -0.204. The van der Waals surface area contributed by atoms with E-state index in [2.05, 4.69) is 25.3 Å². The lowest BCUT2D eigenvalue weighted by Crippen LogP contribution is -2.02. The van der Waals surface area contributed by atoms with E-state index in [4.69, 9.17) is 5.73 Å². The normalized spacial score (nSPS) is 11.2. The summed E-state index contributed by atoms with van der Waals surface area (Å²) in [6, 6.07) is 6.99. The van der Waals surface area contributed by atoms with Gasteiger partial charge in [-0.1, -0.05) is 0 Å². The van der Waals surface area contributed by atoms with Gasteiger partial charge >= 0.3 is 0 Å². The Morgan fingerprint density at radius 2 is 2.00 bits per heavy atom. The molecule has 0 spiro atoms. The number of carbonyl (C=O) groups is 1. The van der Waals surface area contributed by atoms with Gasteiger partial charge < -0.3 is 16.2 Å². The molecule has 8 nitrogen and oxygen atoms in total. The van der Waals surface area contributed by atoms with Crippen molar-refractivity contribution in [1.82, 2.24) is 9.97 Å². The second-order valence-corrected chi connectivity index (χ2v) is 4.40. The average molecular weight is 312 g/mol. The van der Waals surface area contributed by atoms with Gasteiger partial charge in [0.05, 0.1) is 6.54 Å². The van der Waals surface area contributed by atoms with Crippen LogP contribution in [0.25, 0.3) is 0 Å². The van der Waals surface area contributed by atoms with E-state index in [-0.39, 0.29) is 23.3 Å². The van der Waals surface area contributed by atoms with Crippen molar-refractivity contribution in [2.24, 2.45) is 9.98 Å². The molecule has 1 aromatic carbocycles. The van der Waals surface area contributed by atoms with Gasteiger partial charge in [0.15, 0.2) is 11.5 Å². The molecule has 0 amide bonds. The van der Waals surface area contributed by atoms with Crippen molar-refractivity contribution in [2.45, 2.75) is 6.92 Å². The zero-order chi connectivity index (χ0) is 16.7. The van der Waals surface area contributed by atoms with E-state index >= 15 is 0 Å². The lowest BCUT2D eigenvalue weighted by Gasteiger charge is -2.04. The maximum atomic E-state index is 10.6. The average Bonchev–Trinajstić information content (AvgIpc) is 2.54. The first kappa shape index (κ1) is 16.1. The number of nitrogen functional groups attached to an aromatic ring is 1. The van der Waals surface area contributed by atoms with Crippen molar-refractivity contribution in [2.75, 3.05) is 17.6 Å². The van der Waals surface area contributed by atoms with Crippen LogP contribution < -0.4 is 11.1 Å². The predicted octanol–water partition coefficient (Wildman–Crippen LogP) is 2.11. The van der Waals surface area contributed by atoms with Gasteiger partial charge in [-0.05, 0) is 31.2 Å². The van der Waals surface area contributed by atoms with Gasteiger partial charge in [0, 0.05) is 23.7 Å². The summed E-state index contributed by atoms with van der Waals surface area (Å²) in [5, 5.41) is 12.9. The van der Waals surface area contributed by atoms with Crippen LogP contribution in [0, 0.1) is 0 Å². The van der Waals surface area contributed by atoms with Gasteiger partial charge in [-0.15, -0.1) is 0 Å². The molecule has 0 radical (unpaired) electrons. The third-order valence-corrected chi connectivity index (χ3v) is 2.78. The Labute approximate surface area is 132 Å². The highest BCUT2D eigenvalue weighted by Gasteiger charge is 2.10. The molecule has 1 heterocycles. The van der Waals surface area contributed by atoms with E-state index in [1.807, 2.05) is 0 Å². The number of aromatic nitrogens is 2. The van der Waals surface area contributed by atoms with Crippen LogP contribution >= 0.6 is 0 Å². The molecule has 8 heteroatoms. The molecule has 2 aromatic rings. The fourth-order valence-corrected chi connectivity index (χ4v) is 1.76. The molecule has 4 N–H and O–H groups in total. The number of benzene rings is 1. The highest BCUT2D eigenvalue weighted by atomic mass is 16.3. The smallest absolute Gasteiger partial charge is 0.244 e. The minimum atomic E-state index is -0.329. The summed E-state index contributed by atoms with van der Waals surface area (Å²) >= 11 is 0. The SMILES string of the molecule is C/C=N\c1nc(N)nc(O)c1/N=C/CNc1ccc(C=O)cc1. The Bertz CT molecular complexity index is 740. The molecule has 23 heavy (non-hydrogen) atoms. The maximum absolute atomic E-state index is 10.6. The maximum Gasteiger partial charge on any atom is 0.244 e. The van der Waals surface area contributed by atoms with Crippen LogP contribution in [0.2, 0.25) is 0 Å². The molecule has 0 saturated heterocycles. The fraction of sp³-hybridized carbons (Fsp3) is 0.133. The lowest BCUT2D eigenvalue weighted by atomic mass is 10.2. The standard InChI is InChI=1S/C15H16N6O2/c1-2-17-13-12(14(23)21-15(16)20-13)19-8-7-18-11-5-3-10(9-22)4-6-11/h2-6,8-9,18H,7H2,1H3,(H3,16,20,21,23)/b17-2-,19-8+. The molecule has 1 aromatic heterocycles. The van der Waals surface area contributed by atoms with Crippen LogP contribution in [-0.4, -0.2) is 40.3 Å². The minimum Gasteiger partial charge on any atom is -0.492 e. The molecule has 0 unspecified atom stereocenters. The zero-order valence-corrected chi connectivity index (χ0v) is 12.5. The van der Waals surface area contributed by atoms with Gasteiger partial charge in [0.25, 0.3) is 0 Å². The molecule has 0 bridgehead atoms. The fourth-order valence-electron chi connectivity index (χ4n) is 1.76. The number of hydrogen-bond donors (Lipinski definition) is 3. The third-order valence-electron chi connectivity index (χ3n) is 2.78. The number of aliphatic imine (C=N–C) groups is 2. The molecular formula is C15H16N6O2. The molecule has 0 aliphatic rings. The minimum absolute atomic E-state index is 0.0737. The first-order chi connectivity index (χ1) is 11.1.